The number of rotatable bonds is 1. The molecule has 0 aromatic heterocycles. The minimum Gasteiger partial charge on any atom is -0.508 e. The van der Waals surface area contributed by atoms with E-state index in [0.717, 1.165) is 0 Å². The molecule has 0 radical (unpaired) electrons. The molecular formula is C12H16ClNO4. The van der Waals surface area contributed by atoms with Crippen molar-refractivity contribution in [3.8, 4) is 11.5 Å². The molecule has 0 spiro atoms. The number of halogens is 1. The van der Waals surface area contributed by atoms with E-state index in [2.05, 4.69) is 5.32 Å². The standard InChI is InChI=1S/C12H15NO4.ClH/c1-12(2)6-17-11(16)13-10(12)8-4-3-7(14)5-9(8)15;/h3-5,10,14-15H,6H2,1-2H3,(H,13,16);1H/t10-;/m1./s1. The van der Waals surface area contributed by atoms with Crippen LogP contribution in [0.2, 0.25) is 0 Å². The summed E-state index contributed by atoms with van der Waals surface area (Å²) in [5.41, 5.74) is 0.243. The fourth-order valence-corrected chi connectivity index (χ4v) is 1.96. The lowest BCUT2D eigenvalue weighted by molar-refractivity contribution is 0.0381. The molecule has 0 aliphatic carbocycles. The fourth-order valence-electron chi connectivity index (χ4n) is 1.96. The Balaban J connectivity index is 0.00000162. The average Bonchev–Trinajstić information content (AvgIpc) is 2.23. The normalized spacial score (nSPS) is 21.4. The van der Waals surface area contributed by atoms with Crippen LogP contribution in [0, 0.1) is 5.41 Å². The molecule has 0 unspecified atom stereocenters. The largest absolute Gasteiger partial charge is 0.508 e. The molecule has 1 aliphatic heterocycles. The van der Waals surface area contributed by atoms with E-state index in [-0.39, 0.29) is 42.0 Å². The summed E-state index contributed by atoms with van der Waals surface area (Å²) in [5.74, 6) is -0.0484. The number of cyclic esters (lactones) is 1. The number of nitrogens with one attached hydrogen (secondary N) is 1. The molecule has 1 saturated heterocycles. The second kappa shape index (κ2) is 4.94. The van der Waals surface area contributed by atoms with Gasteiger partial charge in [0.15, 0.2) is 0 Å². The van der Waals surface area contributed by atoms with Crippen molar-refractivity contribution in [1.82, 2.24) is 5.32 Å². The number of carbonyl (C=O) groups is 1. The van der Waals surface area contributed by atoms with Gasteiger partial charge in [0.05, 0.1) is 6.04 Å². The van der Waals surface area contributed by atoms with Crippen molar-refractivity contribution >= 4 is 18.5 Å². The average molecular weight is 274 g/mol. The summed E-state index contributed by atoms with van der Waals surface area (Å²) in [6, 6.07) is 3.99. The predicted molar refractivity (Wildman–Crippen MR) is 68.0 cm³/mol. The highest BCUT2D eigenvalue weighted by Crippen LogP contribution is 2.40. The van der Waals surface area contributed by atoms with E-state index in [9.17, 15) is 15.0 Å². The smallest absolute Gasteiger partial charge is 0.407 e. The number of hydrogen-bond acceptors (Lipinski definition) is 4. The van der Waals surface area contributed by atoms with Crippen molar-refractivity contribution in [3.05, 3.63) is 23.8 Å². The van der Waals surface area contributed by atoms with Crippen molar-refractivity contribution in [1.29, 1.82) is 0 Å². The fraction of sp³-hybridized carbons (Fsp3) is 0.417. The third-order valence-corrected chi connectivity index (χ3v) is 2.94. The number of carbonyl (C=O) groups excluding carboxylic acids is 1. The quantitative estimate of drug-likeness (QED) is 0.734. The summed E-state index contributed by atoms with van der Waals surface area (Å²) < 4.78 is 4.93. The highest BCUT2D eigenvalue weighted by molar-refractivity contribution is 5.85. The summed E-state index contributed by atoms with van der Waals surface area (Å²) in [4.78, 5) is 11.2. The number of hydrogen-bond donors (Lipinski definition) is 3. The van der Waals surface area contributed by atoms with Gasteiger partial charge in [-0.3, -0.25) is 0 Å². The van der Waals surface area contributed by atoms with Crippen LogP contribution in [0.4, 0.5) is 4.79 Å². The van der Waals surface area contributed by atoms with E-state index < -0.39 is 6.09 Å². The molecule has 3 N–H and O–H groups in total. The second-order valence-corrected chi connectivity index (χ2v) is 4.89. The molecule has 2 rings (SSSR count). The number of alkyl carbamates (subject to hydrolysis) is 1. The van der Waals surface area contributed by atoms with Crippen molar-refractivity contribution in [3.63, 3.8) is 0 Å². The lowest BCUT2D eigenvalue weighted by atomic mass is 9.80. The molecule has 1 heterocycles. The number of amides is 1. The summed E-state index contributed by atoms with van der Waals surface area (Å²) in [6.07, 6.45) is -0.498. The maximum Gasteiger partial charge on any atom is 0.407 e. The van der Waals surface area contributed by atoms with Gasteiger partial charge in [0.2, 0.25) is 0 Å². The molecule has 1 fully saturated rings. The predicted octanol–water partition coefficient (Wildman–Crippen LogP) is 2.33. The van der Waals surface area contributed by atoms with E-state index in [1.807, 2.05) is 13.8 Å². The van der Waals surface area contributed by atoms with Gasteiger partial charge in [-0.25, -0.2) is 4.79 Å². The Morgan fingerprint density at radius 2 is 2.06 bits per heavy atom. The highest BCUT2D eigenvalue weighted by atomic mass is 35.5. The van der Waals surface area contributed by atoms with Gasteiger partial charge < -0.3 is 20.3 Å². The van der Waals surface area contributed by atoms with Crippen LogP contribution in [0.5, 0.6) is 11.5 Å². The van der Waals surface area contributed by atoms with Gasteiger partial charge >= 0.3 is 6.09 Å². The third-order valence-electron chi connectivity index (χ3n) is 2.94. The molecule has 6 heteroatoms. The number of phenols is 2. The molecule has 1 aliphatic rings. The van der Waals surface area contributed by atoms with Crippen LogP contribution in [0.25, 0.3) is 0 Å². The van der Waals surface area contributed by atoms with E-state index in [1.165, 1.54) is 12.1 Å². The Hall–Kier alpha value is -1.62. The molecular weight excluding hydrogens is 258 g/mol. The van der Waals surface area contributed by atoms with Crippen molar-refractivity contribution in [2.75, 3.05) is 6.61 Å². The molecule has 1 atom stereocenters. The Kier molecular flexibility index (Phi) is 3.96. The maximum atomic E-state index is 11.2. The second-order valence-electron chi connectivity index (χ2n) is 4.89. The van der Waals surface area contributed by atoms with Gasteiger partial charge in [0.1, 0.15) is 18.1 Å². The molecule has 1 amide bonds. The molecule has 0 saturated carbocycles. The summed E-state index contributed by atoms with van der Waals surface area (Å²) in [7, 11) is 0. The lowest BCUT2D eigenvalue weighted by Crippen LogP contribution is -2.46. The maximum absolute atomic E-state index is 11.2. The van der Waals surface area contributed by atoms with Crippen molar-refractivity contribution in [2.45, 2.75) is 19.9 Å². The van der Waals surface area contributed by atoms with Crippen molar-refractivity contribution < 1.29 is 19.7 Å². The van der Waals surface area contributed by atoms with E-state index in [0.29, 0.717) is 5.56 Å². The first-order valence-electron chi connectivity index (χ1n) is 5.35. The van der Waals surface area contributed by atoms with Crippen LogP contribution >= 0.6 is 12.4 Å². The first-order chi connectivity index (χ1) is 7.90. The van der Waals surface area contributed by atoms with Gasteiger partial charge in [-0.05, 0) is 12.1 Å². The van der Waals surface area contributed by atoms with Crippen LogP contribution < -0.4 is 5.32 Å². The molecule has 100 valence electrons. The third kappa shape index (κ3) is 2.61. The van der Waals surface area contributed by atoms with Crippen LogP contribution in [-0.4, -0.2) is 22.9 Å². The Labute approximate surface area is 111 Å². The highest BCUT2D eigenvalue weighted by Gasteiger charge is 2.39. The van der Waals surface area contributed by atoms with Crippen LogP contribution in [0.15, 0.2) is 18.2 Å². The topological polar surface area (TPSA) is 78.8 Å². The number of ether oxygens (including phenoxy) is 1. The van der Waals surface area contributed by atoms with Crippen LogP contribution in [0.1, 0.15) is 25.5 Å². The molecule has 1 aromatic carbocycles. The molecule has 5 nitrogen and oxygen atoms in total. The first-order valence-corrected chi connectivity index (χ1v) is 5.35. The lowest BCUT2D eigenvalue weighted by Gasteiger charge is -2.38. The van der Waals surface area contributed by atoms with E-state index in [1.54, 1.807) is 6.07 Å². The molecule has 0 bridgehead atoms. The summed E-state index contributed by atoms with van der Waals surface area (Å²) in [5, 5.41) is 21.7. The Morgan fingerprint density at radius 3 is 2.67 bits per heavy atom. The van der Waals surface area contributed by atoms with Gasteiger partial charge in [0.25, 0.3) is 0 Å². The van der Waals surface area contributed by atoms with Gasteiger partial charge in [-0.15, -0.1) is 12.4 Å². The number of benzene rings is 1. The zero-order chi connectivity index (χ0) is 12.6. The molecule has 1 aromatic rings. The van der Waals surface area contributed by atoms with Gasteiger partial charge in [0, 0.05) is 17.0 Å². The van der Waals surface area contributed by atoms with Gasteiger partial charge in [-0.1, -0.05) is 13.8 Å². The van der Waals surface area contributed by atoms with E-state index >= 15 is 0 Å². The van der Waals surface area contributed by atoms with E-state index in [4.69, 9.17) is 4.74 Å². The summed E-state index contributed by atoms with van der Waals surface area (Å²) in [6.45, 7) is 4.15. The van der Waals surface area contributed by atoms with Gasteiger partial charge in [-0.2, -0.15) is 0 Å². The summed E-state index contributed by atoms with van der Waals surface area (Å²) >= 11 is 0. The Morgan fingerprint density at radius 1 is 1.39 bits per heavy atom. The Bertz CT molecular complexity index is 461. The monoisotopic (exact) mass is 273 g/mol. The first kappa shape index (κ1) is 14.4. The minimum absolute atomic E-state index is 0. The minimum atomic E-state index is -0.498. The van der Waals surface area contributed by atoms with Crippen molar-refractivity contribution in [2.24, 2.45) is 5.41 Å². The zero-order valence-electron chi connectivity index (χ0n) is 10.1. The number of phenolic OH excluding ortho intramolecular Hbond substituents is 2. The zero-order valence-corrected chi connectivity index (χ0v) is 11.0. The SMILES string of the molecule is CC1(C)COC(=O)N[C@@H]1c1ccc(O)cc1O.Cl. The van der Waals surface area contributed by atoms with Crippen LogP contribution in [0.3, 0.4) is 0 Å². The number of aromatic hydroxyl groups is 2. The van der Waals surface area contributed by atoms with Crippen LogP contribution in [-0.2, 0) is 4.74 Å². The molecule has 18 heavy (non-hydrogen) atoms.